The third-order valence-corrected chi connectivity index (χ3v) is 7.83. The molecule has 3 heterocycles. The van der Waals surface area contributed by atoms with Crippen LogP contribution in [-0.4, -0.2) is 88.6 Å². The first kappa shape index (κ1) is 29.6. The van der Waals surface area contributed by atoms with Gasteiger partial charge in [-0.2, -0.15) is 13.2 Å². The summed E-state index contributed by atoms with van der Waals surface area (Å²) in [5.41, 5.74) is 0.966. The number of nitrogens with zero attached hydrogens (tertiary/aromatic N) is 3. The van der Waals surface area contributed by atoms with Crippen LogP contribution in [0.3, 0.4) is 0 Å². The van der Waals surface area contributed by atoms with Gasteiger partial charge in [0.2, 0.25) is 0 Å². The van der Waals surface area contributed by atoms with Gasteiger partial charge in [-0.25, -0.2) is 9.59 Å². The Bertz CT molecular complexity index is 1070. The number of urea groups is 1. The van der Waals surface area contributed by atoms with E-state index in [0.717, 1.165) is 45.2 Å². The van der Waals surface area contributed by atoms with Crippen molar-refractivity contribution in [3.05, 3.63) is 35.9 Å². The van der Waals surface area contributed by atoms with Gasteiger partial charge in [0, 0.05) is 38.6 Å². The molecule has 3 N–H and O–H groups in total. The maximum absolute atomic E-state index is 13.0. The topological polar surface area (TPSA) is 124 Å². The molecule has 2 unspecified atom stereocenters. The van der Waals surface area contributed by atoms with E-state index in [2.05, 4.69) is 27.9 Å². The number of amides is 3. The second kappa shape index (κ2) is 12.9. The van der Waals surface area contributed by atoms with E-state index in [4.69, 9.17) is 14.7 Å². The Morgan fingerprint density at radius 1 is 1.00 bits per heavy atom. The minimum atomic E-state index is -5.08. The third kappa shape index (κ3) is 7.43. The van der Waals surface area contributed by atoms with Gasteiger partial charge in [-0.3, -0.25) is 4.79 Å². The molecule has 1 saturated carbocycles. The fourth-order valence-corrected chi connectivity index (χ4v) is 5.68. The van der Waals surface area contributed by atoms with E-state index in [1.807, 2.05) is 28.0 Å². The van der Waals surface area contributed by atoms with E-state index in [-0.39, 0.29) is 24.0 Å². The van der Waals surface area contributed by atoms with Crippen molar-refractivity contribution in [1.82, 2.24) is 20.4 Å². The number of alkyl halides is 3. The smallest absolute Gasteiger partial charge is 0.475 e. The molecule has 0 bridgehead atoms. The van der Waals surface area contributed by atoms with E-state index in [9.17, 15) is 22.8 Å². The fraction of sp³-hybridized carbons (Fsp3) is 0.630. The number of carbonyl (C=O) groups is 3. The Labute approximate surface area is 230 Å². The zero-order valence-corrected chi connectivity index (χ0v) is 22.3. The standard InChI is InChI=1S/C25H35N5O3.C2HF3O2/c31-23(29-13-6-7-14-29)21-16-25(33-28-21)18-30(24(32)27-20-10-4-5-11-20)15-12-22(25)26-17-19-8-2-1-3-9-19;3-2(4,5)1(6)7/h1-3,8-9,20,22,26H,4-7,10-18H2,(H,27,32);(H,6,7). The Balaban J connectivity index is 0.000000470. The molecule has 1 aliphatic carbocycles. The zero-order valence-electron chi connectivity index (χ0n) is 22.3. The summed E-state index contributed by atoms with van der Waals surface area (Å²) >= 11 is 0. The van der Waals surface area contributed by atoms with Gasteiger partial charge in [-0.15, -0.1) is 0 Å². The van der Waals surface area contributed by atoms with Crippen molar-refractivity contribution in [2.75, 3.05) is 26.2 Å². The number of carboxylic acid groups (broad SMARTS) is 1. The van der Waals surface area contributed by atoms with Crippen molar-refractivity contribution in [3.8, 4) is 0 Å². The molecular weight excluding hydrogens is 531 g/mol. The first-order chi connectivity index (χ1) is 19.1. The molecule has 2 atom stereocenters. The van der Waals surface area contributed by atoms with E-state index in [0.29, 0.717) is 31.8 Å². The summed E-state index contributed by atoms with van der Waals surface area (Å²) in [7, 11) is 0. The summed E-state index contributed by atoms with van der Waals surface area (Å²) in [5, 5.41) is 18.3. The maximum Gasteiger partial charge on any atom is 0.490 e. The predicted octanol–water partition coefficient (Wildman–Crippen LogP) is 3.27. The van der Waals surface area contributed by atoms with E-state index in [1.54, 1.807) is 0 Å². The molecular formula is C27H36F3N5O5. The molecule has 3 amide bonds. The maximum atomic E-state index is 13.0. The minimum absolute atomic E-state index is 0.000801. The Morgan fingerprint density at radius 3 is 2.27 bits per heavy atom. The number of benzene rings is 1. The van der Waals surface area contributed by atoms with Crippen LogP contribution >= 0.6 is 0 Å². The molecule has 13 heteroatoms. The van der Waals surface area contributed by atoms with Crippen molar-refractivity contribution in [2.24, 2.45) is 5.16 Å². The molecule has 5 rings (SSSR count). The summed E-state index contributed by atoms with van der Waals surface area (Å²) < 4.78 is 31.7. The van der Waals surface area contributed by atoms with E-state index < -0.39 is 17.7 Å². The van der Waals surface area contributed by atoms with Gasteiger partial charge in [-0.05, 0) is 37.7 Å². The van der Waals surface area contributed by atoms with Crippen molar-refractivity contribution < 1.29 is 37.5 Å². The van der Waals surface area contributed by atoms with Gasteiger partial charge in [0.15, 0.2) is 5.60 Å². The molecule has 40 heavy (non-hydrogen) atoms. The largest absolute Gasteiger partial charge is 0.490 e. The molecule has 3 aliphatic heterocycles. The van der Waals surface area contributed by atoms with Gasteiger partial charge in [0.1, 0.15) is 5.71 Å². The minimum Gasteiger partial charge on any atom is -0.475 e. The summed E-state index contributed by atoms with van der Waals surface area (Å²) in [6, 6.07) is 10.5. The molecule has 2 saturated heterocycles. The van der Waals surface area contributed by atoms with Crippen molar-refractivity contribution >= 4 is 23.6 Å². The second-order valence-corrected chi connectivity index (χ2v) is 10.7. The van der Waals surface area contributed by atoms with Gasteiger partial charge in [0.05, 0.1) is 12.6 Å². The van der Waals surface area contributed by atoms with Gasteiger partial charge >= 0.3 is 18.2 Å². The van der Waals surface area contributed by atoms with Crippen molar-refractivity contribution in [1.29, 1.82) is 0 Å². The zero-order chi connectivity index (χ0) is 28.8. The summed E-state index contributed by atoms with van der Waals surface area (Å²) in [4.78, 5) is 44.8. The average Bonchev–Trinajstić information content (AvgIpc) is 3.71. The lowest BCUT2D eigenvalue weighted by Gasteiger charge is -2.44. The highest BCUT2D eigenvalue weighted by Crippen LogP contribution is 2.35. The number of hydrogen-bond donors (Lipinski definition) is 3. The van der Waals surface area contributed by atoms with Crippen molar-refractivity contribution in [2.45, 2.75) is 81.8 Å². The fourth-order valence-electron chi connectivity index (χ4n) is 5.68. The van der Waals surface area contributed by atoms with Crippen LogP contribution in [0.2, 0.25) is 0 Å². The number of likely N-dealkylation sites (tertiary alicyclic amines) is 2. The first-order valence-electron chi connectivity index (χ1n) is 13.7. The number of oxime groups is 1. The lowest BCUT2D eigenvalue weighted by molar-refractivity contribution is -0.192. The number of aliphatic carboxylic acids is 1. The molecule has 10 nitrogen and oxygen atoms in total. The molecule has 220 valence electrons. The van der Waals surface area contributed by atoms with Crippen molar-refractivity contribution in [3.63, 3.8) is 0 Å². The van der Waals surface area contributed by atoms with Crippen LogP contribution in [0.15, 0.2) is 35.5 Å². The van der Waals surface area contributed by atoms with Crippen LogP contribution in [0.5, 0.6) is 0 Å². The second-order valence-electron chi connectivity index (χ2n) is 10.7. The Morgan fingerprint density at radius 2 is 1.65 bits per heavy atom. The number of carbonyl (C=O) groups excluding carboxylic acids is 2. The number of rotatable bonds is 5. The van der Waals surface area contributed by atoms with Crippen LogP contribution in [0.1, 0.15) is 56.9 Å². The number of nitrogens with one attached hydrogen (secondary N) is 2. The molecule has 3 fully saturated rings. The Kier molecular flexibility index (Phi) is 9.54. The molecule has 4 aliphatic rings. The summed E-state index contributed by atoms with van der Waals surface area (Å²) in [5.74, 6) is -2.77. The average molecular weight is 568 g/mol. The third-order valence-electron chi connectivity index (χ3n) is 7.83. The quantitative estimate of drug-likeness (QED) is 0.502. The predicted molar refractivity (Wildman–Crippen MR) is 139 cm³/mol. The molecule has 0 aromatic heterocycles. The molecule has 1 aromatic carbocycles. The van der Waals surface area contributed by atoms with Gasteiger partial charge in [-0.1, -0.05) is 48.3 Å². The monoisotopic (exact) mass is 567 g/mol. The van der Waals surface area contributed by atoms with Crippen LogP contribution < -0.4 is 10.6 Å². The van der Waals surface area contributed by atoms with E-state index in [1.165, 1.54) is 18.4 Å². The Hall–Kier alpha value is -3.35. The number of piperidine rings is 1. The molecule has 0 radical (unpaired) electrons. The number of hydrogen-bond acceptors (Lipinski definition) is 6. The number of carboxylic acids is 1. The molecule has 1 spiro atoms. The van der Waals surface area contributed by atoms with E-state index >= 15 is 0 Å². The summed E-state index contributed by atoms with van der Waals surface area (Å²) in [6.45, 7) is 3.37. The van der Waals surface area contributed by atoms with Gasteiger partial charge in [0.25, 0.3) is 5.91 Å². The number of halogens is 3. The van der Waals surface area contributed by atoms with Crippen LogP contribution in [0, 0.1) is 0 Å². The SMILES string of the molecule is O=C(NC1CCCC1)N1CCC(NCc2ccccc2)C2(CC(C(=O)N3CCCC3)=NO2)C1.O=C(O)C(F)(F)F. The van der Waals surface area contributed by atoms with Gasteiger partial charge < -0.3 is 30.4 Å². The van der Waals surface area contributed by atoms with Crippen LogP contribution in [-0.2, 0) is 21.0 Å². The highest BCUT2D eigenvalue weighted by atomic mass is 19.4. The lowest BCUT2D eigenvalue weighted by atomic mass is 9.83. The highest BCUT2D eigenvalue weighted by molar-refractivity contribution is 6.39. The normalized spacial score (nSPS) is 24.8. The van der Waals surface area contributed by atoms with Crippen LogP contribution in [0.25, 0.3) is 0 Å². The van der Waals surface area contributed by atoms with Crippen LogP contribution in [0.4, 0.5) is 18.0 Å². The lowest BCUT2D eigenvalue weighted by Crippen LogP contribution is -2.64. The summed E-state index contributed by atoms with van der Waals surface area (Å²) in [6.07, 6.45) is 2.66. The molecule has 1 aromatic rings. The highest BCUT2D eigenvalue weighted by Gasteiger charge is 2.52. The first-order valence-corrected chi connectivity index (χ1v) is 13.7.